The van der Waals surface area contributed by atoms with Crippen molar-refractivity contribution in [2.75, 3.05) is 4.90 Å². The van der Waals surface area contributed by atoms with Gasteiger partial charge in [0.2, 0.25) is 11.7 Å². The number of rotatable bonds is 10. The van der Waals surface area contributed by atoms with Crippen LogP contribution in [-0.4, -0.2) is 34.3 Å². The molecule has 0 bridgehead atoms. The smallest absolute Gasteiger partial charge is 0.375 e. The molecule has 1 N–H and O–H groups in total. The van der Waals surface area contributed by atoms with Gasteiger partial charge in [-0.05, 0) is 62.1 Å². The van der Waals surface area contributed by atoms with E-state index >= 15 is 0 Å². The van der Waals surface area contributed by atoms with E-state index in [9.17, 15) is 24.3 Å². The standard InChI is InChI=1S/C25H26Cl3NO6/c1-14(2)12-25(3,4)35-24(34)21(30)11-22(31)29(13-15-5-8-18(26)20(28)9-15)16-6-7-17(23(32)33)19(27)10-16/h5-10,14H,11-13H2,1-4H3,(H,32,33). The molecule has 0 fully saturated rings. The van der Waals surface area contributed by atoms with E-state index in [-0.39, 0.29) is 33.8 Å². The molecule has 0 atom stereocenters. The van der Waals surface area contributed by atoms with Crippen LogP contribution in [0.4, 0.5) is 5.69 Å². The number of nitrogens with zero attached hydrogens (tertiary/aromatic N) is 1. The number of carboxylic acids is 1. The highest BCUT2D eigenvalue weighted by molar-refractivity contribution is 6.42. The van der Waals surface area contributed by atoms with Crippen molar-refractivity contribution in [2.45, 2.75) is 52.7 Å². The van der Waals surface area contributed by atoms with Gasteiger partial charge in [0, 0.05) is 5.69 Å². The molecule has 0 saturated heterocycles. The zero-order valence-electron chi connectivity index (χ0n) is 19.7. The second-order valence-corrected chi connectivity index (χ2v) is 10.3. The Bertz CT molecular complexity index is 1150. The monoisotopic (exact) mass is 541 g/mol. The van der Waals surface area contributed by atoms with Crippen molar-refractivity contribution in [2.24, 2.45) is 5.92 Å². The summed E-state index contributed by atoms with van der Waals surface area (Å²) in [6.07, 6.45) is -0.214. The van der Waals surface area contributed by atoms with E-state index in [1.807, 2.05) is 13.8 Å². The molecule has 0 heterocycles. The lowest BCUT2D eigenvalue weighted by Gasteiger charge is -2.27. The van der Waals surface area contributed by atoms with Gasteiger partial charge in [-0.1, -0.05) is 54.7 Å². The maximum Gasteiger partial charge on any atom is 0.375 e. The summed E-state index contributed by atoms with van der Waals surface area (Å²) in [6.45, 7) is 7.27. The van der Waals surface area contributed by atoms with Crippen molar-refractivity contribution in [3.8, 4) is 0 Å². The molecule has 0 saturated carbocycles. The van der Waals surface area contributed by atoms with Crippen molar-refractivity contribution < 1.29 is 29.0 Å². The minimum atomic E-state index is -1.23. The van der Waals surface area contributed by atoms with Crippen LogP contribution in [0.25, 0.3) is 0 Å². The van der Waals surface area contributed by atoms with Crippen LogP contribution in [0.1, 0.15) is 56.5 Å². The molecule has 0 aromatic heterocycles. The highest BCUT2D eigenvalue weighted by atomic mass is 35.5. The predicted molar refractivity (Wildman–Crippen MR) is 135 cm³/mol. The van der Waals surface area contributed by atoms with E-state index in [0.29, 0.717) is 17.0 Å². The van der Waals surface area contributed by atoms with E-state index in [4.69, 9.17) is 39.5 Å². The van der Waals surface area contributed by atoms with Crippen molar-refractivity contribution in [3.63, 3.8) is 0 Å². The zero-order chi connectivity index (χ0) is 26.5. The van der Waals surface area contributed by atoms with Crippen LogP contribution in [0.2, 0.25) is 15.1 Å². The first-order chi connectivity index (χ1) is 16.2. The third-order valence-corrected chi connectivity index (χ3v) is 5.98. The maximum absolute atomic E-state index is 13.2. The lowest BCUT2D eigenvalue weighted by Crippen LogP contribution is -2.37. The first-order valence-corrected chi connectivity index (χ1v) is 11.9. The minimum Gasteiger partial charge on any atom is -0.478 e. The van der Waals surface area contributed by atoms with E-state index in [0.717, 1.165) is 0 Å². The van der Waals surface area contributed by atoms with Crippen LogP contribution in [0, 0.1) is 5.92 Å². The molecule has 188 valence electrons. The molecule has 2 rings (SSSR count). The molecule has 0 unspecified atom stereocenters. The summed E-state index contributed by atoms with van der Waals surface area (Å²) in [5, 5.41) is 9.73. The van der Waals surface area contributed by atoms with Gasteiger partial charge >= 0.3 is 11.9 Å². The predicted octanol–water partition coefficient (Wildman–Crippen LogP) is 6.21. The Morgan fingerprint density at radius 3 is 2.17 bits per heavy atom. The average molecular weight is 543 g/mol. The molecule has 7 nitrogen and oxygen atoms in total. The van der Waals surface area contributed by atoms with Crippen LogP contribution < -0.4 is 4.90 Å². The number of halogens is 3. The van der Waals surface area contributed by atoms with Gasteiger partial charge in [0.05, 0.1) is 33.6 Å². The molecule has 2 aromatic carbocycles. The van der Waals surface area contributed by atoms with Crippen molar-refractivity contribution in [1.29, 1.82) is 0 Å². The van der Waals surface area contributed by atoms with Crippen LogP contribution in [0.15, 0.2) is 36.4 Å². The Hall–Kier alpha value is -2.61. The number of carbonyl (C=O) groups is 4. The second kappa shape index (κ2) is 11.9. The molecular weight excluding hydrogens is 517 g/mol. The number of hydrogen-bond acceptors (Lipinski definition) is 5. The summed E-state index contributed by atoms with van der Waals surface area (Å²) in [4.78, 5) is 50.6. The third kappa shape index (κ3) is 8.23. The zero-order valence-corrected chi connectivity index (χ0v) is 22.0. The van der Waals surface area contributed by atoms with E-state index in [1.54, 1.807) is 32.0 Å². The fourth-order valence-corrected chi connectivity index (χ4v) is 4.20. The average Bonchev–Trinajstić information content (AvgIpc) is 2.72. The summed E-state index contributed by atoms with van der Waals surface area (Å²) in [7, 11) is 0. The number of amides is 1. The Balaban J connectivity index is 2.31. The Labute approximate surface area is 218 Å². The molecule has 1 amide bonds. The number of anilines is 1. The van der Waals surface area contributed by atoms with Crippen LogP contribution in [-0.2, 0) is 25.7 Å². The van der Waals surface area contributed by atoms with Crippen molar-refractivity contribution >= 4 is 64.1 Å². The highest BCUT2D eigenvalue weighted by Gasteiger charge is 2.30. The molecule has 10 heteroatoms. The summed E-state index contributed by atoms with van der Waals surface area (Å²) in [5.74, 6) is -3.81. The number of carboxylic acid groups (broad SMARTS) is 1. The molecule has 0 aliphatic rings. The van der Waals surface area contributed by atoms with Crippen LogP contribution in [0.5, 0.6) is 0 Å². The number of ketones is 1. The molecule has 2 aromatic rings. The summed E-state index contributed by atoms with van der Waals surface area (Å²) in [5.41, 5.74) is -0.204. The molecule has 0 radical (unpaired) electrons. The van der Waals surface area contributed by atoms with Crippen molar-refractivity contribution in [1.82, 2.24) is 0 Å². The van der Waals surface area contributed by atoms with Gasteiger partial charge < -0.3 is 14.7 Å². The summed E-state index contributed by atoms with van der Waals surface area (Å²) in [6, 6.07) is 8.70. The number of esters is 1. The summed E-state index contributed by atoms with van der Waals surface area (Å²) < 4.78 is 5.33. The molecular formula is C25H26Cl3NO6. The number of hydrogen-bond donors (Lipinski definition) is 1. The van der Waals surface area contributed by atoms with Crippen molar-refractivity contribution in [3.05, 3.63) is 62.6 Å². The lowest BCUT2D eigenvalue weighted by atomic mass is 9.96. The van der Waals surface area contributed by atoms with Gasteiger partial charge in [-0.3, -0.25) is 9.59 Å². The Morgan fingerprint density at radius 1 is 0.971 bits per heavy atom. The fraction of sp³-hybridized carbons (Fsp3) is 0.360. The molecule has 0 spiro atoms. The first kappa shape index (κ1) is 28.6. The quantitative estimate of drug-likeness (QED) is 0.218. The number of aromatic carboxylic acids is 1. The first-order valence-electron chi connectivity index (χ1n) is 10.7. The van der Waals surface area contributed by atoms with E-state index < -0.39 is 35.7 Å². The van der Waals surface area contributed by atoms with Gasteiger partial charge in [-0.25, -0.2) is 9.59 Å². The van der Waals surface area contributed by atoms with Gasteiger partial charge in [0.1, 0.15) is 5.60 Å². The van der Waals surface area contributed by atoms with E-state index in [2.05, 4.69) is 0 Å². The van der Waals surface area contributed by atoms with E-state index in [1.165, 1.54) is 23.1 Å². The third-order valence-electron chi connectivity index (χ3n) is 4.93. The SMILES string of the molecule is CC(C)CC(C)(C)OC(=O)C(=O)CC(=O)N(Cc1ccc(Cl)c(Cl)c1)c1ccc(C(=O)O)c(Cl)c1. The number of ether oxygens (including phenoxy) is 1. The molecule has 35 heavy (non-hydrogen) atoms. The Kier molecular flexibility index (Phi) is 9.72. The van der Waals surface area contributed by atoms with Gasteiger partial charge in [-0.2, -0.15) is 0 Å². The van der Waals surface area contributed by atoms with Crippen LogP contribution in [0.3, 0.4) is 0 Å². The number of benzene rings is 2. The van der Waals surface area contributed by atoms with Gasteiger partial charge in [0.25, 0.3) is 0 Å². The van der Waals surface area contributed by atoms with Gasteiger partial charge in [0.15, 0.2) is 0 Å². The fourth-order valence-electron chi connectivity index (χ4n) is 3.63. The Morgan fingerprint density at radius 2 is 1.63 bits per heavy atom. The largest absolute Gasteiger partial charge is 0.478 e. The molecule has 0 aliphatic carbocycles. The lowest BCUT2D eigenvalue weighted by molar-refractivity contribution is -0.165. The maximum atomic E-state index is 13.2. The second-order valence-electron chi connectivity index (χ2n) is 9.04. The molecule has 0 aliphatic heterocycles. The number of Topliss-reactive ketones (excluding diaryl/α,β-unsaturated/α-hetero) is 1. The topological polar surface area (TPSA) is 101 Å². The summed E-state index contributed by atoms with van der Waals surface area (Å²) >= 11 is 18.2. The minimum absolute atomic E-state index is 0.0420. The number of carbonyl (C=O) groups excluding carboxylic acids is 3. The van der Waals surface area contributed by atoms with Gasteiger partial charge in [-0.15, -0.1) is 0 Å². The normalized spacial score (nSPS) is 11.3. The highest BCUT2D eigenvalue weighted by Crippen LogP contribution is 2.28. The van der Waals surface area contributed by atoms with Crippen LogP contribution >= 0.6 is 34.8 Å².